The first-order valence-electron chi connectivity index (χ1n) is 4.46. The number of amides is 1. The summed E-state index contributed by atoms with van der Waals surface area (Å²) in [7, 11) is 0. The lowest BCUT2D eigenvalue weighted by atomic mass is 10.2. The zero-order chi connectivity index (χ0) is 11.5. The Bertz CT molecular complexity index is 524. The van der Waals surface area contributed by atoms with Crippen LogP contribution in [0.15, 0.2) is 34.8 Å². The molecule has 0 spiro atoms. The van der Waals surface area contributed by atoms with Gasteiger partial charge in [0.25, 0.3) is 0 Å². The number of carbonyl (C=O) groups is 1. The summed E-state index contributed by atoms with van der Waals surface area (Å²) in [5.41, 5.74) is 1.59. The molecule has 0 aliphatic rings. The quantitative estimate of drug-likeness (QED) is 0.792. The highest BCUT2D eigenvalue weighted by atomic mass is 79.9. The molecule has 3 N–H and O–H groups in total. The summed E-state index contributed by atoms with van der Waals surface area (Å²) in [4.78, 5) is 10.4. The van der Waals surface area contributed by atoms with Crippen LogP contribution in [0.25, 0.3) is 11.3 Å². The zero-order valence-corrected chi connectivity index (χ0v) is 9.65. The third-order valence-corrected chi connectivity index (χ3v) is 2.43. The van der Waals surface area contributed by atoms with Gasteiger partial charge < -0.3 is 5.11 Å². The molecule has 82 valence electrons. The van der Waals surface area contributed by atoms with Gasteiger partial charge in [-0.25, -0.2) is 4.79 Å². The van der Waals surface area contributed by atoms with Gasteiger partial charge in [0.2, 0.25) is 0 Å². The number of hydrogen-bond acceptors (Lipinski definition) is 2. The molecular formula is C10H8BrN3O2. The van der Waals surface area contributed by atoms with Gasteiger partial charge in [-0.1, -0.05) is 28.1 Å². The first-order valence-corrected chi connectivity index (χ1v) is 5.26. The van der Waals surface area contributed by atoms with E-state index < -0.39 is 6.09 Å². The molecule has 2 rings (SSSR count). The van der Waals surface area contributed by atoms with E-state index in [2.05, 4.69) is 31.4 Å². The van der Waals surface area contributed by atoms with Gasteiger partial charge in [0.15, 0.2) is 0 Å². The normalized spacial score (nSPS) is 10.1. The molecule has 0 aliphatic heterocycles. The number of benzene rings is 1. The molecule has 16 heavy (non-hydrogen) atoms. The summed E-state index contributed by atoms with van der Waals surface area (Å²) in [6, 6.07) is 9.23. The number of nitrogens with one attached hydrogen (secondary N) is 2. The maximum Gasteiger partial charge on any atom is 0.410 e. The van der Waals surface area contributed by atoms with Gasteiger partial charge in [-0.3, -0.25) is 10.4 Å². The van der Waals surface area contributed by atoms with Gasteiger partial charge in [0, 0.05) is 16.1 Å². The highest BCUT2D eigenvalue weighted by molar-refractivity contribution is 9.10. The van der Waals surface area contributed by atoms with Crippen LogP contribution in [0.5, 0.6) is 0 Å². The molecule has 0 atom stereocenters. The Balaban J connectivity index is 2.28. The number of halogens is 1. The molecule has 0 fully saturated rings. The van der Waals surface area contributed by atoms with Gasteiger partial charge in [-0.2, -0.15) is 5.10 Å². The van der Waals surface area contributed by atoms with Gasteiger partial charge >= 0.3 is 6.09 Å². The molecule has 0 saturated heterocycles. The summed E-state index contributed by atoms with van der Waals surface area (Å²) in [5.74, 6) is 0.350. The molecule has 1 aromatic heterocycles. The van der Waals surface area contributed by atoms with Crippen molar-refractivity contribution in [2.75, 3.05) is 5.32 Å². The molecule has 1 heterocycles. The van der Waals surface area contributed by atoms with E-state index in [-0.39, 0.29) is 0 Å². The van der Waals surface area contributed by atoms with Crippen molar-refractivity contribution in [3.63, 3.8) is 0 Å². The second-order valence-electron chi connectivity index (χ2n) is 3.11. The Hall–Kier alpha value is -1.82. The molecule has 0 unspecified atom stereocenters. The van der Waals surface area contributed by atoms with Crippen molar-refractivity contribution in [3.05, 3.63) is 34.8 Å². The minimum absolute atomic E-state index is 0.350. The van der Waals surface area contributed by atoms with Crippen molar-refractivity contribution in [3.8, 4) is 11.3 Å². The molecule has 0 aliphatic carbocycles. The van der Waals surface area contributed by atoms with Crippen LogP contribution >= 0.6 is 15.9 Å². The fourth-order valence-electron chi connectivity index (χ4n) is 1.30. The van der Waals surface area contributed by atoms with E-state index in [1.54, 1.807) is 6.07 Å². The fraction of sp³-hybridized carbons (Fsp3) is 0. The highest BCUT2D eigenvalue weighted by Crippen LogP contribution is 2.22. The van der Waals surface area contributed by atoms with Crippen molar-refractivity contribution in [2.45, 2.75) is 0 Å². The van der Waals surface area contributed by atoms with Gasteiger partial charge in [-0.05, 0) is 12.1 Å². The monoisotopic (exact) mass is 281 g/mol. The van der Waals surface area contributed by atoms with Crippen LogP contribution in [0, 0.1) is 0 Å². The number of rotatable bonds is 2. The van der Waals surface area contributed by atoms with Crippen molar-refractivity contribution in [1.29, 1.82) is 0 Å². The molecule has 0 saturated carbocycles. The van der Waals surface area contributed by atoms with Crippen molar-refractivity contribution in [1.82, 2.24) is 10.2 Å². The van der Waals surface area contributed by atoms with E-state index in [1.807, 2.05) is 24.3 Å². The van der Waals surface area contributed by atoms with Crippen LogP contribution in [0.1, 0.15) is 0 Å². The van der Waals surface area contributed by atoms with E-state index in [9.17, 15) is 4.79 Å². The van der Waals surface area contributed by atoms with Crippen LogP contribution in [0.4, 0.5) is 10.6 Å². The maximum absolute atomic E-state index is 10.4. The predicted molar refractivity (Wildman–Crippen MR) is 63.4 cm³/mol. The van der Waals surface area contributed by atoms with Crippen LogP contribution in [0.2, 0.25) is 0 Å². The summed E-state index contributed by atoms with van der Waals surface area (Å²) >= 11 is 3.36. The molecule has 2 aromatic rings. The van der Waals surface area contributed by atoms with Crippen LogP contribution in [-0.4, -0.2) is 21.4 Å². The highest BCUT2D eigenvalue weighted by Gasteiger charge is 2.05. The molecule has 1 aromatic carbocycles. The Morgan fingerprint density at radius 2 is 2.25 bits per heavy atom. The van der Waals surface area contributed by atoms with Gasteiger partial charge in [-0.15, -0.1) is 0 Å². The molecule has 6 heteroatoms. The Kier molecular flexibility index (Phi) is 2.91. The smallest absolute Gasteiger partial charge is 0.410 e. The summed E-state index contributed by atoms with van der Waals surface area (Å²) in [6.45, 7) is 0. The number of nitrogens with zero attached hydrogens (tertiary/aromatic N) is 1. The van der Waals surface area contributed by atoms with E-state index in [0.29, 0.717) is 11.5 Å². The third kappa shape index (κ3) is 2.40. The first-order chi connectivity index (χ1) is 7.65. The van der Waals surface area contributed by atoms with Crippen LogP contribution in [-0.2, 0) is 0 Å². The average molecular weight is 282 g/mol. The largest absolute Gasteiger partial charge is 0.465 e. The molecule has 1 amide bonds. The standard InChI is InChI=1S/C10H8BrN3O2/c11-7-3-1-2-6(4-7)8-5-9(14-13-8)12-10(15)16/h1-5H,(H,15,16)(H2,12,13,14). The summed E-state index contributed by atoms with van der Waals surface area (Å²) < 4.78 is 0.945. The van der Waals surface area contributed by atoms with Crippen molar-refractivity contribution in [2.24, 2.45) is 0 Å². The Morgan fingerprint density at radius 1 is 1.44 bits per heavy atom. The zero-order valence-electron chi connectivity index (χ0n) is 8.07. The topological polar surface area (TPSA) is 78.0 Å². The lowest BCUT2D eigenvalue weighted by Gasteiger charge is -1.96. The fourth-order valence-corrected chi connectivity index (χ4v) is 1.70. The Morgan fingerprint density at radius 3 is 2.94 bits per heavy atom. The average Bonchev–Trinajstić information content (AvgIpc) is 2.65. The van der Waals surface area contributed by atoms with Crippen molar-refractivity contribution < 1.29 is 9.90 Å². The molecule has 0 radical (unpaired) electrons. The number of carboxylic acid groups (broad SMARTS) is 1. The van der Waals surface area contributed by atoms with Crippen molar-refractivity contribution >= 4 is 27.8 Å². The van der Waals surface area contributed by atoms with E-state index >= 15 is 0 Å². The minimum atomic E-state index is -1.12. The second kappa shape index (κ2) is 4.36. The summed E-state index contributed by atoms with van der Waals surface area (Å²) in [6.07, 6.45) is -1.12. The molecule has 0 bridgehead atoms. The number of anilines is 1. The number of hydrogen-bond donors (Lipinski definition) is 3. The predicted octanol–water partition coefficient (Wildman–Crippen LogP) is 2.93. The summed E-state index contributed by atoms with van der Waals surface area (Å²) in [5, 5.41) is 17.3. The lowest BCUT2D eigenvalue weighted by molar-refractivity contribution is 0.209. The van der Waals surface area contributed by atoms with E-state index in [4.69, 9.17) is 5.11 Å². The van der Waals surface area contributed by atoms with E-state index in [1.165, 1.54) is 0 Å². The third-order valence-electron chi connectivity index (χ3n) is 1.94. The number of aromatic nitrogens is 2. The van der Waals surface area contributed by atoms with Crippen LogP contribution in [0.3, 0.4) is 0 Å². The molecular weight excluding hydrogens is 274 g/mol. The number of H-pyrrole nitrogens is 1. The minimum Gasteiger partial charge on any atom is -0.465 e. The molecule has 5 nitrogen and oxygen atoms in total. The van der Waals surface area contributed by atoms with Gasteiger partial charge in [0.05, 0.1) is 5.69 Å². The van der Waals surface area contributed by atoms with Gasteiger partial charge in [0.1, 0.15) is 5.82 Å². The Labute approximate surface area is 99.6 Å². The lowest BCUT2D eigenvalue weighted by Crippen LogP contribution is -2.07. The number of aromatic amines is 1. The van der Waals surface area contributed by atoms with E-state index in [0.717, 1.165) is 10.0 Å². The first kappa shape index (κ1) is 10.7. The van der Waals surface area contributed by atoms with Crippen LogP contribution < -0.4 is 5.32 Å². The SMILES string of the molecule is O=C(O)Nc1cc(-c2cccc(Br)c2)n[nH]1. The maximum atomic E-state index is 10.4. The second-order valence-corrected chi connectivity index (χ2v) is 4.02.